The topological polar surface area (TPSA) is 58.5 Å². The van der Waals surface area contributed by atoms with Gasteiger partial charge in [-0.15, -0.1) is 0 Å². The van der Waals surface area contributed by atoms with Crippen molar-refractivity contribution in [2.75, 3.05) is 44.6 Å². The number of hydrogen-bond donors (Lipinski definition) is 1. The van der Waals surface area contributed by atoms with Gasteiger partial charge in [0.2, 0.25) is 0 Å². The third-order valence-electron chi connectivity index (χ3n) is 9.20. The Hall–Kier alpha value is -4.11. The molecular weight excluding hydrogens is 646 g/mol. The predicted octanol–water partition coefficient (Wildman–Crippen LogP) is 9.11. The summed E-state index contributed by atoms with van der Waals surface area (Å²) >= 11 is 12.8. The first-order chi connectivity index (χ1) is 23.5. The summed E-state index contributed by atoms with van der Waals surface area (Å²) in [7, 11) is 0. The summed E-state index contributed by atoms with van der Waals surface area (Å²) in [6, 6.07) is 14.0. The van der Waals surface area contributed by atoms with Crippen molar-refractivity contribution in [3.8, 4) is 16.9 Å². The van der Waals surface area contributed by atoms with Crippen LogP contribution in [-0.2, 0) is 6.54 Å². The number of allylic oxidation sites excluding steroid dienone is 7. The highest BCUT2D eigenvalue weighted by Crippen LogP contribution is 2.33. The summed E-state index contributed by atoms with van der Waals surface area (Å²) in [5.41, 5.74) is 5.27. The van der Waals surface area contributed by atoms with Crippen molar-refractivity contribution >= 4 is 45.6 Å². The minimum atomic E-state index is -0.136. The highest BCUT2D eigenvalue weighted by Gasteiger charge is 2.20. The monoisotopic (exact) mass is 684 g/mol. The zero-order valence-corrected chi connectivity index (χ0v) is 28.3. The zero-order chi connectivity index (χ0) is 32.9. The van der Waals surface area contributed by atoms with Gasteiger partial charge in [-0.3, -0.25) is 4.90 Å². The Labute approximate surface area is 291 Å². The van der Waals surface area contributed by atoms with Crippen molar-refractivity contribution in [2.45, 2.75) is 32.2 Å². The quantitative estimate of drug-likeness (QED) is 0.170. The number of benzene rings is 2. The van der Waals surface area contributed by atoms with Crippen molar-refractivity contribution in [1.82, 2.24) is 24.3 Å². The Morgan fingerprint density at radius 1 is 0.979 bits per heavy atom. The number of halogens is 3. The van der Waals surface area contributed by atoms with Crippen molar-refractivity contribution in [3.05, 3.63) is 113 Å². The smallest absolute Gasteiger partial charge is 0.141 e. The fraction of sp³-hybridized carbons (Fsp3) is 0.316. The van der Waals surface area contributed by atoms with Crippen LogP contribution in [0.4, 0.5) is 15.9 Å². The Morgan fingerprint density at radius 2 is 1.88 bits per heavy atom. The average Bonchev–Trinajstić information content (AvgIpc) is 3.57. The van der Waals surface area contributed by atoms with Crippen molar-refractivity contribution in [2.24, 2.45) is 5.92 Å². The number of rotatable bonds is 11. The Balaban J connectivity index is 0.945. The Bertz CT molecular complexity index is 1890. The molecule has 1 aliphatic heterocycles. The summed E-state index contributed by atoms with van der Waals surface area (Å²) in [6.07, 6.45) is 18.9. The molecule has 7 rings (SSSR count). The molecule has 248 valence electrons. The largest absolute Gasteiger partial charge is 0.491 e. The summed E-state index contributed by atoms with van der Waals surface area (Å²) < 4.78 is 21.8. The molecule has 1 atom stereocenters. The number of piperazine rings is 1. The van der Waals surface area contributed by atoms with Crippen LogP contribution in [0.2, 0.25) is 5.02 Å². The van der Waals surface area contributed by atoms with Crippen LogP contribution in [0.15, 0.2) is 108 Å². The Kier molecular flexibility index (Phi) is 10.1. The standard InChI is InChI=1S/C38H39Cl2FN6O/c39-30-5-2-7-33(22-30)47-18-16-45(17-19-47)13-3-14-46-15-12-29(24-46)28-8-10-36-34(21-28)38(43-26-42-36)44-32-9-11-37(35(40)23-32)48-25-27-4-1-6-31(41)20-27/h1,4-6,8-12,15,21-24,26-27H,2-3,7,13-14,16-20,25H2,(H,42,43,44). The molecule has 10 heteroatoms. The average molecular weight is 686 g/mol. The molecule has 48 heavy (non-hydrogen) atoms. The molecule has 1 saturated heterocycles. The number of aromatic nitrogens is 3. The summed E-state index contributed by atoms with van der Waals surface area (Å²) in [4.78, 5) is 14.1. The van der Waals surface area contributed by atoms with E-state index in [-0.39, 0.29) is 11.7 Å². The van der Waals surface area contributed by atoms with Gasteiger partial charge in [-0.25, -0.2) is 14.4 Å². The molecule has 2 aromatic carbocycles. The van der Waals surface area contributed by atoms with Gasteiger partial charge in [0.05, 0.1) is 17.1 Å². The fourth-order valence-corrected chi connectivity index (χ4v) is 7.04. The van der Waals surface area contributed by atoms with E-state index in [2.05, 4.69) is 72.4 Å². The number of anilines is 2. The van der Waals surface area contributed by atoms with Crippen LogP contribution >= 0.6 is 23.2 Å². The van der Waals surface area contributed by atoms with Crippen LogP contribution in [0.3, 0.4) is 0 Å². The molecule has 0 radical (unpaired) electrons. The number of hydrogen-bond acceptors (Lipinski definition) is 6. The van der Waals surface area contributed by atoms with Crippen LogP contribution in [0.5, 0.6) is 5.75 Å². The maximum absolute atomic E-state index is 13.6. The van der Waals surface area contributed by atoms with Crippen LogP contribution in [-0.4, -0.2) is 63.7 Å². The molecule has 0 spiro atoms. The number of aryl methyl sites for hydroxylation is 1. The van der Waals surface area contributed by atoms with Gasteiger partial charge in [0.25, 0.3) is 0 Å². The SMILES string of the molecule is FC1=CC=CC(COc2ccc(Nc3ncnc4ccc(-c5ccn(CCCN6CCN(C7=CC(Cl)=CCC7)CC6)c5)cc34)cc2Cl)C1. The first-order valence-corrected chi connectivity index (χ1v) is 17.4. The van der Waals surface area contributed by atoms with Crippen LogP contribution < -0.4 is 10.1 Å². The molecule has 0 saturated carbocycles. The van der Waals surface area contributed by atoms with Gasteiger partial charge in [-0.1, -0.05) is 47.5 Å². The van der Waals surface area contributed by atoms with Crippen LogP contribution in [0.25, 0.3) is 22.0 Å². The van der Waals surface area contributed by atoms with Crippen LogP contribution in [0.1, 0.15) is 25.7 Å². The van der Waals surface area contributed by atoms with Gasteiger partial charge in [-0.2, -0.15) is 0 Å². The van der Waals surface area contributed by atoms with E-state index in [0.717, 1.165) is 91.3 Å². The molecule has 1 fully saturated rings. The molecular formula is C38H39Cl2FN6O. The van der Waals surface area contributed by atoms with Crippen molar-refractivity contribution in [1.29, 1.82) is 0 Å². The van der Waals surface area contributed by atoms with Crippen molar-refractivity contribution < 1.29 is 9.13 Å². The normalized spacial score (nSPS) is 18.4. The summed E-state index contributed by atoms with van der Waals surface area (Å²) in [5.74, 6) is 1.10. The van der Waals surface area contributed by atoms with Gasteiger partial charge in [0, 0.05) is 79.3 Å². The predicted molar refractivity (Wildman–Crippen MR) is 194 cm³/mol. The van der Waals surface area contributed by atoms with Gasteiger partial charge in [0.15, 0.2) is 0 Å². The summed E-state index contributed by atoms with van der Waals surface area (Å²) in [5, 5.41) is 5.67. The molecule has 3 aliphatic rings. The minimum absolute atomic E-state index is 0.0165. The lowest BCUT2D eigenvalue weighted by molar-refractivity contribution is 0.153. The lowest BCUT2D eigenvalue weighted by Crippen LogP contribution is -2.46. The molecule has 3 heterocycles. The number of nitrogens with zero attached hydrogens (tertiary/aromatic N) is 5. The first-order valence-electron chi connectivity index (χ1n) is 16.6. The third kappa shape index (κ3) is 7.95. The van der Waals surface area contributed by atoms with E-state index in [9.17, 15) is 4.39 Å². The zero-order valence-electron chi connectivity index (χ0n) is 26.8. The lowest BCUT2D eigenvalue weighted by atomic mass is 10.0. The molecule has 1 unspecified atom stereocenters. The number of nitrogens with one attached hydrogen (secondary N) is 1. The van der Waals surface area contributed by atoms with E-state index in [4.69, 9.17) is 27.9 Å². The fourth-order valence-electron chi connectivity index (χ4n) is 6.57. The Morgan fingerprint density at radius 3 is 2.71 bits per heavy atom. The van der Waals surface area contributed by atoms with Crippen LogP contribution in [0, 0.1) is 5.92 Å². The lowest BCUT2D eigenvalue weighted by Gasteiger charge is -2.38. The van der Waals surface area contributed by atoms with E-state index in [0.29, 0.717) is 29.6 Å². The van der Waals surface area contributed by atoms with E-state index < -0.39 is 0 Å². The molecule has 4 aromatic rings. The first kappa shape index (κ1) is 32.4. The third-order valence-corrected chi connectivity index (χ3v) is 9.76. The molecule has 0 bridgehead atoms. The van der Waals surface area contributed by atoms with E-state index in [1.807, 2.05) is 30.3 Å². The maximum atomic E-state index is 13.6. The molecule has 2 aliphatic carbocycles. The number of fused-ring (bicyclic) bond motifs is 1. The second-order valence-electron chi connectivity index (χ2n) is 12.6. The van der Waals surface area contributed by atoms with E-state index in [1.54, 1.807) is 12.4 Å². The van der Waals surface area contributed by atoms with Gasteiger partial charge in [0.1, 0.15) is 23.7 Å². The summed E-state index contributed by atoms with van der Waals surface area (Å²) in [6.45, 7) is 6.74. The second-order valence-corrected chi connectivity index (χ2v) is 13.4. The van der Waals surface area contributed by atoms with Gasteiger partial charge < -0.3 is 19.5 Å². The highest BCUT2D eigenvalue weighted by atomic mass is 35.5. The van der Waals surface area contributed by atoms with Gasteiger partial charge in [-0.05, 0) is 85.5 Å². The maximum Gasteiger partial charge on any atom is 0.141 e. The van der Waals surface area contributed by atoms with E-state index >= 15 is 0 Å². The highest BCUT2D eigenvalue weighted by molar-refractivity contribution is 6.32. The minimum Gasteiger partial charge on any atom is -0.491 e. The van der Waals surface area contributed by atoms with Gasteiger partial charge >= 0.3 is 0 Å². The molecule has 0 amide bonds. The second kappa shape index (κ2) is 15.0. The molecule has 7 nitrogen and oxygen atoms in total. The number of ether oxygens (including phenoxy) is 1. The van der Waals surface area contributed by atoms with Crippen molar-refractivity contribution in [3.63, 3.8) is 0 Å². The van der Waals surface area contributed by atoms with E-state index in [1.165, 1.54) is 11.8 Å². The molecule has 2 aromatic heterocycles. The molecule has 1 N–H and O–H groups in total.